The lowest BCUT2D eigenvalue weighted by molar-refractivity contribution is -0.137. The molecule has 1 aliphatic heterocycles. The molecule has 0 N–H and O–H groups in total. The molecule has 2 aliphatic rings. The van der Waals surface area contributed by atoms with Crippen LogP contribution in [-0.2, 0) is 10.2 Å². The third-order valence-electron chi connectivity index (χ3n) is 6.33. The summed E-state index contributed by atoms with van der Waals surface area (Å²) < 4.78 is 0. The lowest BCUT2D eigenvalue weighted by Gasteiger charge is -2.39. The zero-order valence-electron chi connectivity index (χ0n) is 16.9. The van der Waals surface area contributed by atoms with Gasteiger partial charge in [-0.25, -0.2) is 0 Å². The van der Waals surface area contributed by atoms with Crippen LogP contribution in [0.3, 0.4) is 0 Å². The van der Waals surface area contributed by atoms with E-state index in [0.717, 1.165) is 69.1 Å². The summed E-state index contributed by atoms with van der Waals surface area (Å²) in [6.07, 6.45) is 6.00. The SMILES string of the molecule is O=C(N1CCN(c2ccc(-c3ccccn3)nn2)CC1)C1(c2cccs2)CCCC1. The quantitative estimate of drug-likeness (QED) is 0.644. The molecule has 1 amide bonds. The summed E-state index contributed by atoms with van der Waals surface area (Å²) in [5, 5.41) is 10.9. The highest BCUT2D eigenvalue weighted by Gasteiger charge is 2.46. The van der Waals surface area contributed by atoms with Crippen molar-refractivity contribution in [2.45, 2.75) is 31.1 Å². The Balaban J connectivity index is 1.26. The van der Waals surface area contributed by atoms with Gasteiger partial charge in [-0.1, -0.05) is 25.0 Å². The second-order valence-electron chi connectivity index (χ2n) is 8.04. The fraction of sp³-hybridized carbons (Fsp3) is 0.391. The van der Waals surface area contributed by atoms with Crippen LogP contribution in [0.4, 0.5) is 5.82 Å². The van der Waals surface area contributed by atoms with E-state index in [4.69, 9.17) is 0 Å². The molecule has 0 aromatic carbocycles. The Labute approximate surface area is 180 Å². The Hall–Kier alpha value is -2.80. The van der Waals surface area contributed by atoms with Crippen molar-refractivity contribution >= 4 is 23.1 Å². The van der Waals surface area contributed by atoms with Crippen molar-refractivity contribution < 1.29 is 4.79 Å². The molecule has 0 spiro atoms. The second-order valence-corrected chi connectivity index (χ2v) is 8.99. The fourth-order valence-corrected chi connectivity index (χ4v) is 5.66. The summed E-state index contributed by atoms with van der Waals surface area (Å²) >= 11 is 1.73. The molecule has 154 valence electrons. The maximum absolute atomic E-state index is 13.5. The van der Waals surface area contributed by atoms with Crippen LogP contribution in [-0.4, -0.2) is 52.2 Å². The predicted molar refractivity (Wildman–Crippen MR) is 119 cm³/mol. The smallest absolute Gasteiger partial charge is 0.234 e. The Morgan fingerprint density at radius 3 is 2.37 bits per heavy atom. The minimum Gasteiger partial charge on any atom is -0.352 e. The van der Waals surface area contributed by atoms with Crippen molar-refractivity contribution in [1.82, 2.24) is 20.1 Å². The number of piperazine rings is 1. The molecule has 1 aliphatic carbocycles. The summed E-state index contributed by atoms with van der Waals surface area (Å²) in [5.74, 6) is 1.18. The fourth-order valence-electron chi connectivity index (χ4n) is 4.68. The summed E-state index contributed by atoms with van der Waals surface area (Å²) in [6.45, 7) is 3.03. The Kier molecular flexibility index (Phi) is 5.21. The predicted octanol–water partition coefficient (Wildman–Crippen LogP) is 3.76. The largest absolute Gasteiger partial charge is 0.352 e. The first-order chi connectivity index (χ1) is 14.8. The van der Waals surface area contributed by atoms with Gasteiger partial charge in [0.15, 0.2) is 5.82 Å². The van der Waals surface area contributed by atoms with Crippen LogP contribution < -0.4 is 4.90 Å². The van der Waals surface area contributed by atoms with Gasteiger partial charge in [0.1, 0.15) is 5.69 Å². The Morgan fingerprint density at radius 2 is 1.73 bits per heavy atom. The minimum atomic E-state index is -0.291. The highest BCUT2D eigenvalue weighted by atomic mass is 32.1. The average Bonchev–Trinajstić information content (AvgIpc) is 3.52. The Morgan fingerprint density at radius 1 is 0.900 bits per heavy atom. The molecule has 30 heavy (non-hydrogen) atoms. The van der Waals surface area contributed by atoms with Gasteiger partial charge in [0.2, 0.25) is 5.91 Å². The van der Waals surface area contributed by atoms with E-state index in [2.05, 4.69) is 42.5 Å². The van der Waals surface area contributed by atoms with Gasteiger partial charge >= 0.3 is 0 Å². The van der Waals surface area contributed by atoms with Gasteiger partial charge in [0.25, 0.3) is 0 Å². The number of thiophene rings is 1. The van der Waals surface area contributed by atoms with Crippen molar-refractivity contribution in [1.29, 1.82) is 0 Å². The number of pyridine rings is 1. The highest BCUT2D eigenvalue weighted by Crippen LogP contribution is 2.44. The normalized spacial score (nSPS) is 18.5. The van der Waals surface area contributed by atoms with E-state index in [1.165, 1.54) is 4.88 Å². The van der Waals surface area contributed by atoms with Gasteiger partial charge in [0.05, 0.1) is 11.1 Å². The van der Waals surface area contributed by atoms with Crippen LogP contribution in [0.1, 0.15) is 30.6 Å². The van der Waals surface area contributed by atoms with E-state index in [0.29, 0.717) is 5.91 Å². The average molecular weight is 420 g/mol. The number of hydrogen-bond donors (Lipinski definition) is 0. The third kappa shape index (κ3) is 3.47. The van der Waals surface area contributed by atoms with Crippen molar-refractivity contribution in [2.24, 2.45) is 0 Å². The molecule has 3 aromatic heterocycles. The van der Waals surface area contributed by atoms with Crippen molar-refractivity contribution in [3.05, 3.63) is 58.9 Å². The molecule has 7 heteroatoms. The molecule has 1 saturated heterocycles. The molecule has 0 unspecified atom stereocenters. The molecule has 6 nitrogen and oxygen atoms in total. The monoisotopic (exact) mass is 419 g/mol. The van der Waals surface area contributed by atoms with Gasteiger partial charge in [-0.3, -0.25) is 9.78 Å². The van der Waals surface area contributed by atoms with Gasteiger partial charge < -0.3 is 9.80 Å². The van der Waals surface area contributed by atoms with Crippen LogP contribution in [0.15, 0.2) is 54.0 Å². The van der Waals surface area contributed by atoms with E-state index < -0.39 is 0 Å². The standard InChI is InChI=1S/C23H25N5OS/c29-22(23(10-2-3-11-23)20-7-5-17-30-20)28-15-13-27(14-16-28)21-9-8-19(25-26-21)18-6-1-4-12-24-18/h1,4-9,12,17H,2-3,10-11,13-16H2. The molecule has 3 aromatic rings. The zero-order chi connectivity index (χ0) is 20.4. The van der Waals surface area contributed by atoms with Crippen molar-refractivity contribution in [3.8, 4) is 11.4 Å². The topological polar surface area (TPSA) is 62.2 Å². The lowest BCUT2D eigenvalue weighted by Crippen LogP contribution is -2.54. The molecular weight excluding hydrogens is 394 g/mol. The molecule has 0 bridgehead atoms. The zero-order valence-corrected chi connectivity index (χ0v) is 17.7. The number of anilines is 1. The first kappa shape index (κ1) is 19.2. The Bertz CT molecular complexity index is 976. The maximum atomic E-state index is 13.5. The third-order valence-corrected chi connectivity index (χ3v) is 7.40. The van der Waals surface area contributed by atoms with Gasteiger partial charge in [0, 0.05) is 37.3 Å². The van der Waals surface area contributed by atoms with Crippen molar-refractivity contribution in [3.63, 3.8) is 0 Å². The second kappa shape index (κ2) is 8.14. The number of carbonyl (C=O) groups is 1. The van der Waals surface area contributed by atoms with E-state index in [9.17, 15) is 4.79 Å². The van der Waals surface area contributed by atoms with E-state index in [1.807, 2.05) is 30.3 Å². The van der Waals surface area contributed by atoms with Crippen LogP contribution in [0.5, 0.6) is 0 Å². The van der Waals surface area contributed by atoms with Crippen molar-refractivity contribution in [2.75, 3.05) is 31.1 Å². The molecule has 1 saturated carbocycles. The van der Waals surface area contributed by atoms with E-state index in [-0.39, 0.29) is 5.41 Å². The molecule has 5 rings (SSSR count). The number of rotatable bonds is 4. The van der Waals surface area contributed by atoms with Crippen LogP contribution in [0.2, 0.25) is 0 Å². The lowest BCUT2D eigenvalue weighted by atomic mass is 9.82. The first-order valence-electron chi connectivity index (χ1n) is 10.6. The summed E-state index contributed by atoms with van der Waals surface area (Å²) in [7, 11) is 0. The number of aromatic nitrogens is 3. The molecule has 4 heterocycles. The summed E-state index contributed by atoms with van der Waals surface area (Å²) in [6, 6.07) is 13.9. The number of nitrogens with zero attached hydrogens (tertiary/aromatic N) is 5. The molecular formula is C23H25N5OS. The first-order valence-corrected chi connectivity index (χ1v) is 11.5. The number of carbonyl (C=O) groups excluding carboxylic acids is 1. The summed E-state index contributed by atoms with van der Waals surface area (Å²) in [5.41, 5.74) is 1.30. The number of amides is 1. The number of hydrogen-bond acceptors (Lipinski definition) is 6. The molecule has 0 radical (unpaired) electrons. The van der Waals surface area contributed by atoms with Gasteiger partial charge in [-0.05, 0) is 48.6 Å². The van der Waals surface area contributed by atoms with Crippen LogP contribution in [0.25, 0.3) is 11.4 Å². The molecule has 0 atom stereocenters. The highest BCUT2D eigenvalue weighted by molar-refractivity contribution is 7.10. The van der Waals surface area contributed by atoms with E-state index >= 15 is 0 Å². The van der Waals surface area contributed by atoms with Gasteiger partial charge in [-0.15, -0.1) is 21.5 Å². The van der Waals surface area contributed by atoms with Gasteiger partial charge in [-0.2, -0.15) is 0 Å². The summed E-state index contributed by atoms with van der Waals surface area (Å²) in [4.78, 5) is 23.4. The minimum absolute atomic E-state index is 0.291. The maximum Gasteiger partial charge on any atom is 0.234 e. The van der Waals surface area contributed by atoms with Crippen LogP contribution in [0, 0.1) is 0 Å². The molecule has 2 fully saturated rings. The van der Waals surface area contributed by atoms with Crippen LogP contribution >= 0.6 is 11.3 Å². The van der Waals surface area contributed by atoms with E-state index in [1.54, 1.807) is 17.5 Å².